The minimum Gasteiger partial charge on any atom is -0.493 e. The molecular formula is C18H24N4O4. The van der Waals surface area contributed by atoms with Gasteiger partial charge in [0.05, 0.1) is 36.4 Å². The van der Waals surface area contributed by atoms with Crippen LogP contribution in [-0.2, 0) is 0 Å². The van der Waals surface area contributed by atoms with Gasteiger partial charge in [-0.15, -0.1) is 0 Å². The van der Waals surface area contributed by atoms with Gasteiger partial charge in [-0.1, -0.05) is 6.92 Å². The summed E-state index contributed by atoms with van der Waals surface area (Å²) in [4.78, 5) is 13.7. The number of nitro benzene ring substituents is 1. The summed E-state index contributed by atoms with van der Waals surface area (Å²) in [6, 6.07) is 3.53. The topological polar surface area (TPSA) is 89.2 Å². The van der Waals surface area contributed by atoms with Gasteiger partial charge in [0.25, 0.3) is 0 Å². The van der Waals surface area contributed by atoms with Crippen molar-refractivity contribution in [3.63, 3.8) is 0 Å². The van der Waals surface area contributed by atoms with Gasteiger partial charge in [-0.25, -0.2) is 0 Å². The summed E-state index contributed by atoms with van der Waals surface area (Å²) in [5, 5.41) is 16.2. The van der Waals surface area contributed by atoms with E-state index in [1.54, 1.807) is 6.07 Å². The van der Waals surface area contributed by atoms with E-state index in [-0.39, 0.29) is 23.5 Å². The molecule has 8 nitrogen and oxygen atoms in total. The minimum absolute atomic E-state index is 0.0565. The zero-order valence-corrected chi connectivity index (χ0v) is 15.1. The molecule has 5 rings (SSSR count). The Kier molecular flexibility index (Phi) is 4.44. The maximum atomic E-state index is 11.6. The molecule has 2 bridgehead atoms. The molecule has 4 aliphatic rings. The van der Waals surface area contributed by atoms with Crippen LogP contribution < -0.4 is 14.9 Å². The summed E-state index contributed by atoms with van der Waals surface area (Å²) >= 11 is 0. The van der Waals surface area contributed by atoms with Crippen molar-refractivity contribution in [2.75, 3.05) is 26.8 Å². The third kappa shape index (κ3) is 2.68. The van der Waals surface area contributed by atoms with Crippen LogP contribution >= 0.6 is 0 Å². The Labute approximate surface area is 152 Å². The van der Waals surface area contributed by atoms with Gasteiger partial charge in [-0.05, 0) is 44.0 Å². The molecule has 140 valence electrons. The molecule has 26 heavy (non-hydrogen) atoms. The van der Waals surface area contributed by atoms with E-state index < -0.39 is 4.92 Å². The fraction of sp³-hybridized carbons (Fsp3) is 0.611. The second-order valence-electron chi connectivity index (χ2n) is 7.08. The predicted octanol–water partition coefficient (Wildman–Crippen LogP) is 2.49. The zero-order chi connectivity index (χ0) is 18.3. The summed E-state index contributed by atoms with van der Waals surface area (Å²) < 4.78 is 11.0. The number of hydrazone groups is 1. The molecule has 0 radical (unpaired) electrons. The molecule has 3 fully saturated rings. The van der Waals surface area contributed by atoms with Gasteiger partial charge in [-0.2, -0.15) is 5.10 Å². The van der Waals surface area contributed by atoms with Crippen molar-refractivity contribution in [2.45, 2.75) is 38.3 Å². The highest BCUT2D eigenvalue weighted by atomic mass is 16.6. The Morgan fingerprint density at radius 3 is 2.81 bits per heavy atom. The first-order chi connectivity index (χ1) is 12.6. The normalized spacial score (nSPS) is 28.9. The average Bonchev–Trinajstić information content (AvgIpc) is 3.14. The van der Waals surface area contributed by atoms with Gasteiger partial charge in [-0.3, -0.25) is 15.0 Å². The van der Waals surface area contributed by atoms with Crippen LogP contribution in [0, 0.1) is 16.0 Å². The smallest absolute Gasteiger partial charge is 0.315 e. The van der Waals surface area contributed by atoms with E-state index >= 15 is 0 Å². The quantitative estimate of drug-likeness (QED) is 0.619. The molecule has 0 amide bonds. The van der Waals surface area contributed by atoms with Gasteiger partial charge in [0, 0.05) is 12.0 Å². The molecule has 2 unspecified atom stereocenters. The minimum atomic E-state index is -0.402. The second-order valence-corrected chi connectivity index (χ2v) is 7.08. The highest BCUT2D eigenvalue weighted by molar-refractivity contribution is 5.95. The van der Waals surface area contributed by atoms with Crippen LogP contribution in [0.2, 0.25) is 0 Å². The maximum Gasteiger partial charge on any atom is 0.315 e. The number of hydrogen-bond donors (Lipinski definition) is 1. The number of fused-ring (bicyclic) bond motifs is 2. The van der Waals surface area contributed by atoms with Crippen molar-refractivity contribution < 1.29 is 14.4 Å². The van der Waals surface area contributed by atoms with Crippen molar-refractivity contribution in [3.05, 3.63) is 27.8 Å². The number of methoxy groups -OCH3 is 1. The fourth-order valence-electron chi connectivity index (χ4n) is 4.34. The molecular weight excluding hydrogens is 336 g/mol. The molecule has 1 aromatic carbocycles. The third-order valence-corrected chi connectivity index (χ3v) is 5.58. The molecule has 4 heterocycles. The van der Waals surface area contributed by atoms with Gasteiger partial charge >= 0.3 is 5.69 Å². The Morgan fingerprint density at radius 2 is 2.15 bits per heavy atom. The first-order valence-electron chi connectivity index (χ1n) is 9.20. The van der Waals surface area contributed by atoms with Gasteiger partial charge < -0.3 is 14.9 Å². The Hall–Kier alpha value is -2.35. The summed E-state index contributed by atoms with van der Waals surface area (Å²) in [6.07, 6.45) is 3.07. The highest BCUT2D eigenvalue weighted by Crippen LogP contribution is 2.44. The number of nitrogens with zero attached hydrogens (tertiary/aromatic N) is 3. The molecule has 0 aromatic heterocycles. The Balaban J connectivity index is 1.71. The summed E-state index contributed by atoms with van der Waals surface area (Å²) in [6.45, 7) is 4.48. The van der Waals surface area contributed by atoms with Crippen LogP contribution in [0.4, 0.5) is 5.69 Å². The molecule has 4 aliphatic heterocycles. The molecule has 0 saturated carbocycles. The number of ether oxygens (including phenoxy) is 2. The van der Waals surface area contributed by atoms with Crippen LogP contribution in [0.15, 0.2) is 17.2 Å². The SMILES string of the molecule is CCCOc1c(OC)cc(C2NN=C3C4CCN(CC4)C32)cc1[N+](=O)[O-]. The summed E-state index contributed by atoms with van der Waals surface area (Å²) in [5.41, 5.74) is 5.18. The average molecular weight is 360 g/mol. The van der Waals surface area contributed by atoms with E-state index in [0.717, 1.165) is 37.9 Å². The highest BCUT2D eigenvalue weighted by Gasteiger charge is 2.47. The standard InChI is InChI=1S/C18H24N4O4/c1-3-8-26-18-13(22(23)24)9-12(10-14(18)25-2)16-17-15(19-20-16)11-4-6-21(17)7-5-11/h9-11,16-17,20H,3-8H2,1-2H3. The molecule has 1 N–H and O–H groups in total. The van der Waals surface area contributed by atoms with Crippen molar-refractivity contribution in [1.29, 1.82) is 0 Å². The molecule has 0 aliphatic carbocycles. The van der Waals surface area contributed by atoms with Gasteiger partial charge in [0.1, 0.15) is 0 Å². The number of nitro groups is 1. The third-order valence-electron chi connectivity index (χ3n) is 5.58. The summed E-state index contributed by atoms with van der Waals surface area (Å²) in [5.74, 6) is 1.13. The monoisotopic (exact) mass is 360 g/mol. The Morgan fingerprint density at radius 1 is 1.38 bits per heavy atom. The number of rotatable bonds is 6. The Bertz CT molecular complexity index is 743. The maximum absolute atomic E-state index is 11.6. The van der Waals surface area contributed by atoms with Crippen molar-refractivity contribution in [3.8, 4) is 11.5 Å². The molecule has 1 aromatic rings. The van der Waals surface area contributed by atoms with Crippen LogP contribution in [-0.4, -0.2) is 48.4 Å². The van der Waals surface area contributed by atoms with E-state index in [0.29, 0.717) is 18.3 Å². The number of benzene rings is 1. The zero-order valence-electron chi connectivity index (χ0n) is 15.1. The van der Waals surface area contributed by atoms with Crippen LogP contribution in [0.1, 0.15) is 37.8 Å². The lowest BCUT2D eigenvalue weighted by atomic mass is 9.78. The first kappa shape index (κ1) is 17.1. The number of nitrogens with one attached hydrogen (secondary N) is 1. The fourth-order valence-corrected chi connectivity index (χ4v) is 4.34. The molecule has 8 heteroatoms. The molecule has 2 atom stereocenters. The van der Waals surface area contributed by atoms with Gasteiger partial charge in [0.2, 0.25) is 5.75 Å². The summed E-state index contributed by atoms with van der Waals surface area (Å²) in [7, 11) is 1.51. The van der Waals surface area contributed by atoms with Gasteiger partial charge in [0.15, 0.2) is 5.75 Å². The van der Waals surface area contributed by atoms with E-state index in [1.807, 2.05) is 13.0 Å². The van der Waals surface area contributed by atoms with E-state index in [1.165, 1.54) is 12.8 Å². The van der Waals surface area contributed by atoms with E-state index in [4.69, 9.17) is 9.47 Å². The van der Waals surface area contributed by atoms with Crippen molar-refractivity contribution in [2.24, 2.45) is 11.0 Å². The van der Waals surface area contributed by atoms with Crippen molar-refractivity contribution in [1.82, 2.24) is 10.3 Å². The first-order valence-corrected chi connectivity index (χ1v) is 9.20. The lowest BCUT2D eigenvalue weighted by Gasteiger charge is -2.45. The molecule has 3 saturated heterocycles. The largest absolute Gasteiger partial charge is 0.493 e. The molecule has 0 spiro atoms. The number of piperidine rings is 3. The van der Waals surface area contributed by atoms with Crippen LogP contribution in [0.25, 0.3) is 0 Å². The lowest BCUT2D eigenvalue weighted by Crippen LogP contribution is -2.56. The predicted molar refractivity (Wildman–Crippen MR) is 96.8 cm³/mol. The van der Waals surface area contributed by atoms with E-state index in [9.17, 15) is 10.1 Å². The second kappa shape index (κ2) is 6.75. The van der Waals surface area contributed by atoms with Crippen LogP contribution in [0.5, 0.6) is 11.5 Å². The lowest BCUT2D eigenvalue weighted by molar-refractivity contribution is -0.386. The van der Waals surface area contributed by atoms with E-state index in [2.05, 4.69) is 15.4 Å². The number of hydrogen-bond acceptors (Lipinski definition) is 7. The van der Waals surface area contributed by atoms with Crippen LogP contribution in [0.3, 0.4) is 0 Å². The van der Waals surface area contributed by atoms with Crippen molar-refractivity contribution >= 4 is 11.4 Å².